The van der Waals surface area contributed by atoms with Crippen LogP contribution < -0.4 is 4.90 Å². The molecular formula is C31H30N4O3. The van der Waals surface area contributed by atoms with Crippen LogP contribution in [0, 0.1) is 18.3 Å². The molecule has 0 saturated carbocycles. The lowest BCUT2D eigenvalue weighted by molar-refractivity contribution is -0.123. The topological polar surface area (TPSA) is 84.7 Å². The van der Waals surface area contributed by atoms with Crippen molar-refractivity contribution >= 4 is 23.4 Å². The fourth-order valence-electron chi connectivity index (χ4n) is 5.39. The van der Waals surface area contributed by atoms with Gasteiger partial charge in [-0.3, -0.25) is 19.3 Å². The van der Waals surface area contributed by atoms with Crippen molar-refractivity contribution in [3.05, 3.63) is 101 Å². The first kappa shape index (κ1) is 25.4. The van der Waals surface area contributed by atoms with Gasteiger partial charge in [0.1, 0.15) is 6.04 Å². The van der Waals surface area contributed by atoms with Crippen LogP contribution in [0.3, 0.4) is 0 Å². The smallest absolute Gasteiger partial charge is 0.257 e. The van der Waals surface area contributed by atoms with Crippen LogP contribution in [0.1, 0.15) is 46.3 Å². The van der Waals surface area contributed by atoms with E-state index in [1.807, 2.05) is 43.3 Å². The van der Waals surface area contributed by atoms with Crippen LogP contribution in [0.2, 0.25) is 0 Å². The van der Waals surface area contributed by atoms with E-state index in [0.29, 0.717) is 16.8 Å². The monoisotopic (exact) mass is 506 g/mol. The number of piperidine rings is 1. The first-order valence-electron chi connectivity index (χ1n) is 13.0. The minimum atomic E-state index is -0.863. The molecule has 3 aromatic carbocycles. The maximum Gasteiger partial charge on any atom is 0.257 e. The number of imide groups is 1. The number of hydrogen-bond donors (Lipinski definition) is 0. The third-order valence-corrected chi connectivity index (χ3v) is 7.45. The van der Waals surface area contributed by atoms with Crippen molar-refractivity contribution in [2.75, 3.05) is 18.0 Å². The number of carbonyl (C=O) groups excluding carboxylic acids is 3. The maximum atomic E-state index is 13.9. The molecule has 0 N–H and O–H groups in total. The summed E-state index contributed by atoms with van der Waals surface area (Å²) in [5.74, 6) is -0.959. The number of nitrogens with zero attached hydrogens (tertiary/aromatic N) is 4. The predicted molar refractivity (Wildman–Crippen MR) is 144 cm³/mol. The quantitative estimate of drug-likeness (QED) is 0.466. The zero-order valence-electron chi connectivity index (χ0n) is 21.4. The summed E-state index contributed by atoms with van der Waals surface area (Å²) in [6.45, 7) is 4.40. The zero-order valence-corrected chi connectivity index (χ0v) is 21.4. The van der Waals surface area contributed by atoms with Crippen molar-refractivity contribution in [3.63, 3.8) is 0 Å². The Hall–Kier alpha value is -4.28. The van der Waals surface area contributed by atoms with Crippen LogP contribution in [0.25, 0.3) is 0 Å². The molecule has 1 unspecified atom stereocenters. The van der Waals surface area contributed by atoms with Crippen molar-refractivity contribution < 1.29 is 14.4 Å². The fourth-order valence-corrected chi connectivity index (χ4v) is 5.39. The molecular weight excluding hydrogens is 476 g/mol. The van der Waals surface area contributed by atoms with Crippen LogP contribution in [0.4, 0.5) is 5.69 Å². The van der Waals surface area contributed by atoms with Crippen molar-refractivity contribution in [1.29, 1.82) is 5.26 Å². The van der Waals surface area contributed by atoms with E-state index in [1.54, 1.807) is 41.3 Å². The van der Waals surface area contributed by atoms with E-state index < -0.39 is 11.9 Å². The summed E-state index contributed by atoms with van der Waals surface area (Å²) >= 11 is 0. The molecule has 2 saturated heterocycles. The molecule has 3 aromatic rings. The van der Waals surface area contributed by atoms with Crippen LogP contribution in [0.5, 0.6) is 0 Å². The van der Waals surface area contributed by atoms with E-state index in [1.165, 1.54) is 5.56 Å². The molecule has 2 aliphatic rings. The van der Waals surface area contributed by atoms with Gasteiger partial charge in [-0.05, 0) is 61.7 Å². The summed E-state index contributed by atoms with van der Waals surface area (Å²) in [7, 11) is 0. The fraction of sp³-hybridized carbons (Fsp3) is 0.290. The van der Waals surface area contributed by atoms with Gasteiger partial charge in [0.05, 0.1) is 23.7 Å². The summed E-state index contributed by atoms with van der Waals surface area (Å²) in [6.07, 6.45) is 1.39. The van der Waals surface area contributed by atoms with Crippen LogP contribution in [-0.2, 0) is 16.1 Å². The molecule has 0 spiro atoms. The van der Waals surface area contributed by atoms with Crippen LogP contribution >= 0.6 is 0 Å². The number of benzene rings is 3. The van der Waals surface area contributed by atoms with E-state index in [9.17, 15) is 14.4 Å². The largest absolute Gasteiger partial charge is 0.323 e. The Labute approximate surface area is 222 Å². The minimum Gasteiger partial charge on any atom is -0.323 e. The molecule has 2 fully saturated rings. The summed E-state index contributed by atoms with van der Waals surface area (Å²) in [5, 5.41) is 9.10. The Balaban J connectivity index is 1.39. The highest BCUT2D eigenvalue weighted by atomic mass is 16.2. The normalized spacial score (nSPS) is 18.4. The predicted octanol–water partition coefficient (Wildman–Crippen LogP) is 4.31. The summed E-state index contributed by atoms with van der Waals surface area (Å²) in [4.78, 5) is 45.9. The number of nitriles is 1. The molecule has 1 atom stereocenters. The second-order valence-electron chi connectivity index (χ2n) is 10.0. The van der Waals surface area contributed by atoms with E-state index >= 15 is 0 Å². The molecule has 2 aliphatic heterocycles. The molecule has 0 aromatic heterocycles. The van der Waals surface area contributed by atoms with E-state index in [0.717, 1.165) is 42.9 Å². The number of likely N-dealkylation sites (tertiary alicyclic amines) is 1. The molecule has 5 rings (SSSR count). The zero-order chi connectivity index (χ0) is 26.6. The summed E-state index contributed by atoms with van der Waals surface area (Å²) in [5.41, 5.74) is 3.67. The molecule has 192 valence electrons. The Kier molecular flexibility index (Phi) is 7.34. The molecule has 2 heterocycles. The van der Waals surface area contributed by atoms with E-state index in [-0.39, 0.29) is 24.3 Å². The molecule has 0 bridgehead atoms. The Morgan fingerprint density at radius 3 is 2.24 bits per heavy atom. The molecule has 0 radical (unpaired) electrons. The second-order valence-corrected chi connectivity index (χ2v) is 10.0. The van der Waals surface area contributed by atoms with Crippen LogP contribution in [0.15, 0.2) is 78.9 Å². The van der Waals surface area contributed by atoms with Crippen molar-refractivity contribution in [1.82, 2.24) is 9.80 Å². The highest BCUT2D eigenvalue weighted by Gasteiger charge is 2.47. The standard InChI is InChI=1S/C31H30N4O3/c1-22-7-11-25(12-8-22)30(37)34(27-15-17-33(18-16-27)21-24-5-3-2-4-6-24)28-19-29(36)35(31(28)38)26-13-9-23(20-32)10-14-26/h2-14,27-28H,15-19,21H2,1H3. The third-order valence-electron chi connectivity index (χ3n) is 7.45. The summed E-state index contributed by atoms with van der Waals surface area (Å²) < 4.78 is 0. The van der Waals surface area contributed by atoms with Gasteiger partial charge in [0.25, 0.3) is 11.8 Å². The first-order chi connectivity index (χ1) is 18.4. The van der Waals surface area contributed by atoms with Crippen molar-refractivity contribution in [3.8, 4) is 6.07 Å². The number of hydrogen-bond acceptors (Lipinski definition) is 5. The van der Waals surface area contributed by atoms with Gasteiger partial charge >= 0.3 is 0 Å². The average molecular weight is 507 g/mol. The molecule has 7 heteroatoms. The number of anilines is 1. The molecule has 0 aliphatic carbocycles. The van der Waals surface area contributed by atoms with Gasteiger partial charge in [0.2, 0.25) is 5.91 Å². The van der Waals surface area contributed by atoms with E-state index in [2.05, 4.69) is 17.0 Å². The van der Waals surface area contributed by atoms with Gasteiger partial charge in [-0.15, -0.1) is 0 Å². The highest BCUT2D eigenvalue weighted by molar-refractivity contribution is 6.23. The Morgan fingerprint density at radius 1 is 0.947 bits per heavy atom. The van der Waals surface area contributed by atoms with E-state index in [4.69, 9.17) is 5.26 Å². The highest BCUT2D eigenvalue weighted by Crippen LogP contribution is 2.31. The number of carbonyl (C=O) groups is 3. The van der Waals surface area contributed by atoms with Gasteiger partial charge < -0.3 is 4.90 Å². The molecule has 3 amide bonds. The lowest BCUT2D eigenvalue weighted by atomic mass is 9.98. The summed E-state index contributed by atoms with van der Waals surface area (Å²) in [6, 6.07) is 25.0. The molecule has 38 heavy (non-hydrogen) atoms. The number of amides is 3. The van der Waals surface area contributed by atoms with Gasteiger partial charge in [-0.1, -0.05) is 48.0 Å². The Morgan fingerprint density at radius 2 is 1.61 bits per heavy atom. The van der Waals surface area contributed by atoms with Gasteiger partial charge in [-0.2, -0.15) is 5.26 Å². The SMILES string of the molecule is Cc1ccc(C(=O)N(C2CCN(Cc3ccccc3)CC2)C2CC(=O)N(c3ccc(C#N)cc3)C2=O)cc1. The Bertz CT molecular complexity index is 1350. The van der Waals surface area contributed by atoms with Crippen molar-refractivity contribution in [2.24, 2.45) is 0 Å². The van der Waals surface area contributed by atoms with Gasteiger partial charge in [0, 0.05) is 31.2 Å². The lowest BCUT2D eigenvalue weighted by Gasteiger charge is -2.40. The van der Waals surface area contributed by atoms with Crippen LogP contribution in [-0.4, -0.2) is 52.7 Å². The number of rotatable bonds is 6. The first-order valence-corrected chi connectivity index (χ1v) is 13.0. The third kappa shape index (κ3) is 5.22. The molecule has 7 nitrogen and oxygen atoms in total. The minimum absolute atomic E-state index is 0.0549. The lowest BCUT2D eigenvalue weighted by Crippen LogP contribution is -2.54. The maximum absolute atomic E-state index is 13.9. The second kappa shape index (κ2) is 11.0. The van der Waals surface area contributed by atoms with Gasteiger partial charge in [-0.25, -0.2) is 4.90 Å². The number of aryl methyl sites for hydroxylation is 1. The van der Waals surface area contributed by atoms with Gasteiger partial charge in [0.15, 0.2) is 0 Å². The van der Waals surface area contributed by atoms with Crippen molar-refractivity contribution in [2.45, 2.75) is 44.8 Å². The average Bonchev–Trinajstić information content (AvgIpc) is 3.23.